The minimum absolute atomic E-state index is 0.0373. The van der Waals surface area contributed by atoms with E-state index >= 15 is 0 Å². The lowest BCUT2D eigenvalue weighted by Gasteiger charge is -2.26. The molecule has 0 saturated carbocycles. The Morgan fingerprint density at radius 2 is 1.38 bits per heavy atom. The third-order valence-corrected chi connectivity index (χ3v) is 4.46. The van der Waals surface area contributed by atoms with Crippen molar-refractivity contribution >= 4 is 29.7 Å². The predicted molar refractivity (Wildman–Crippen MR) is 110 cm³/mol. The summed E-state index contributed by atoms with van der Waals surface area (Å²) in [7, 11) is 0. The summed E-state index contributed by atoms with van der Waals surface area (Å²) in [6, 6.07) is -6.07. The fourth-order valence-corrected chi connectivity index (χ4v) is 2.54. The zero-order valence-corrected chi connectivity index (χ0v) is 18.0. The van der Waals surface area contributed by atoms with Crippen molar-refractivity contribution in [1.29, 1.82) is 0 Å². The van der Waals surface area contributed by atoms with Gasteiger partial charge in [0.25, 0.3) is 0 Å². The van der Waals surface area contributed by atoms with Gasteiger partial charge in [-0.05, 0) is 39.7 Å². The Bertz CT molecular complexity index is 671. The lowest BCUT2D eigenvalue weighted by atomic mass is 10.1. The van der Waals surface area contributed by atoms with Crippen molar-refractivity contribution in [3.8, 4) is 0 Å². The number of amides is 3. The van der Waals surface area contributed by atoms with E-state index in [0.717, 1.165) is 6.92 Å². The predicted octanol–water partition coefficient (Wildman–Crippen LogP) is -3.78. The topological polar surface area (TPSA) is 254 Å². The highest BCUT2D eigenvalue weighted by Crippen LogP contribution is 2.04. The van der Waals surface area contributed by atoms with Crippen molar-refractivity contribution in [2.24, 2.45) is 11.5 Å². The molecule has 0 rings (SSSR count). The van der Waals surface area contributed by atoms with Crippen molar-refractivity contribution in [1.82, 2.24) is 16.0 Å². The Labute approximate surface area is 184 Å². The van der Waals surface area contributed by atoms with Gasteiger partial charge in [0.1, 0.15) is 24.2 Å². The van der Waals surface area contributed by atoms with Gasteiger partial charge in [-0.1, -0.05) is 0 Å². The Morgan fingerprint density at radius 1 is 0.812 bits per heavy atom. The van der Waals surface area contributed by atoms with E-state index in [4.69, 9.17) is 16.6 Å². The summed E-state index contributed by atoms with van der Waals surface area (Å²) in [5.41, 5.74) is 10.8. The van der Waals surface area contributed by atoms with Crippen LogP contribution in [0.15, 0.2) is 0 Å². The van der Waals surface area contributed by atoms with Crippen LogP contribution in [0, 0.1) is 0 Å². The number of carboxylic acid groups (broad SMARTS) is 2. The first-order valence-electron chi connectivity index (χ1n) is 9.99. The van der Waals surface area contributed by atoms with Gasteiger partial charge < -0.3 is 47.8 Å². The van der Waals surface area contributed by atoms with Crippen molar-refractivity contribution < 1.29 is 44.4 Å². The number of nitrogens with one attached hydrogen (secondary N) is 3. The normalized spacial score (nSPS) is 16.6. The largest absolute Gasteiger partial charge is 0.481 e. The van der Waals surface area contributed by atoms with Crippen LogP contribution in [0.5, 0.6) is 0 Å². The summed E-state index contributed by atoms with van der Waals surface area (Å²) in [5, 5.41) is 43.9. The van der Waals surface area contributed by atoms with Gasteiger partial charge in [0, 0.05) is 0 Å². The van der Waals surface area contributed by atoms with E-state index in [0.29, 0.717) is 19.4 Å². The Morgan fingerprint density at radius 3 is 1.81 bits per heavy atom. The molecule has 0 bridgehead atoms. The van der Waals surface area contributed by atoms with Gasteiger partial charge >= 0.3 is 11.9 Å². The molecule has 0 aliphatic rings. The van der Waals surface area contributed by atoms with Crippen molar-refractivity contribution in [3.05, 3.63) is 0 Å². The molecule has 14 nitrogen and oxygen atoms in total. The van der Waals surface area contributed by atoms with E-state index in [2.05, 4.69) is 16.0 Å². The Kier molecular flexibility index (Phi) is 13.0. The number of aliphatic carboxylic acids is 2. The number of carboxylic acids is 2. The SMILES string of the molecule is CC(O)C(N)C(=O)NC(C(=O)NC(CC(=O)O)C(=O)NC(CCCCN)C(=O)O)C(C)O. The zero-order valence-electron chi connectivity index (χ0n) is 18.0. The highest BCUT2D eigenvalue weighted by atomic mass is 16.4. The molecule has 0 aliphatic heterocycles. The Balaban J connectivity index is 5.41. The molecule has 0 saturated heterocycles. The molecule has 0 aliphatic carbocycles. The number of carbonyl (C=O) groups is 5. The van der Waals surface area contributed by atoms with E-state index in [-0.39, 0.29) is 6.42 Å². The average Bonchev–Trinajstić information content (AvgIpc) is 2.68. The molecule has 0 radical (unpaired) electrons. The fraction of sp³-hybridized carbons (Fsp3) is 0.722. The molecule has 14 heteroatoms. The first kappa shape index (κ1) is 29.2. The second kappa shape index (κ2) is 14.3. The molecule has 11 N–H and O–H groups in total. The van der Waals surface area contributed by atoms with Gasteiger partial charge in [-0.15, -0.1) is 0 Å². The highest BCUT2D eigenvalue weighted by Gasteiger charge is 2.33. The van der Waals surface area contributed by atoms with Crippen LogP contribution in [-0.2, 0) is 24.0 Å². The summed E-state index contributed by atoms with van der Waals surface area (Å²) < 4.78 is 0. The van der Waals surface area contributed by atoms with Gasteiger partial charge in [-0.2, -0.15) is 0 Å². The van der Waals surface area contributed by atoms with Gasteiger partial charge in [0.15, 0.2) is 0 Å². The van der Waals surface area contributed by atoms with Gasteiger partial charge in [0.05, 0.1) is 18.6 Å². The molecule has 6 unspecified atom stereocenters. The van der Waals surface area contributed by atoms with E-state index in [1.54, 1.807) is 0 Å². The first-order valence-corrected chi connectivity index (χ1v) is 9.99. The number of hydrogen-bond acceptors (Lipinski definition) is 9. The number of aliphatic hydroxyl groups is 2. The molecule has 0 aromatic rings. The fourth-order valence-electron chi connectivity index (χ4n) is 2.54. The van der Waals surface area contributed by atoms with E-state index in [1.807, 2.05) is 0 Å². The molecule has 6 atom stereocenters. The summed E-state index contributed by atoms with van der Waals surface area (Å²) in [4.78, 5) is 59.6. The van der Waals surface area contributed by atoms with Crippen LogP contribution in [0.4, 0.5) is 0 Å². The van der Waals surface area contributed by atoms with Crippen LogP contribution in [0.3, 0.4) is 0 Å². The average molecular weight is 463 g/mol. The van der Waals surface area contributed by atoms with Crippen LogP contribution in [0.1, 0.15) is 39.5 Å². The van der Waals surface area contributed by atoms with Crippen molar-refractivity contribution in [2.45, 2.75) is 75.9 Å². The molecular formula is C18H33N5O9. The van der Waals surface area contributed by atoms with E-state index in [9.17, 15) is 39.3 Å². The first-order chi connectivity index (χ1) is 14.8. The number of carbonyl (C=O) groups excluding carboxylic acids is 3. The molecule has 3 amide bonds. The van der Waals surface area contributed by atoms with E-state index < -0.39 is 72.5 Å². The van der Waals surface area contributed by atoms with Crippen LogP contribution in [0.2, 0.25) is 0 Å². The minimum Gasteiger partial charge on any atom is -0.481 e. The van der Waals surface area contributed by atoms with Crippen molar-refractivity contribution in [3.63, 3.8) is 0 Å². The minimum atomic E-state index is -1.69. The van der Waals surface area contributed by atoms with Gasteiger partial charge in [-0.25, -0.2) is 4.79 Å². The molecule has 184 valence electrons. The molecule has 0 fully saturated rings. The van der Waals surface area contributed by atoms with Crippen LogP contribution < -0.4 is 27.4 Å². The third kappa shape index (κ3) is 10.5. The number of nitrogens with two attached hydrogens (primary N) is 2. The monoisotopic (exact) mass is 463 g/mol. The molecule has 0 aromatic carbocycles. The number of aliphatic hydroxyl groups excluding tert-OH is 2. The Hall–Kier alpha value is -2.81. The smallest absolute Gasteiger partial charge is 0.326 e. The summed E-state index contributed by atoms with van der Waals surface area (Å²) in [5.74, 6) is -5.96. The molecule has 32 heavy (non-hydrogen) atoms. The second-order valence-corrected chi connectivity index (χ2v) is 7.34. The van der Waals surface area contributed by atoms with Crippen LogP contribution in [-0.4, -0.2) is 93.0 Å². The number of hydrogen-bond donors (Lipinski definition) is 9. The summed E-state index contributed by atoms with van der Waals surface area (Å²) >= 11 is 0. The maximum atomic E-state index is 12.5. The molecule has 0 spiro atoms. The number of unbranched alkanes of at least 4 members (excludes halogenated alkanes) is 1. The van der Waals surface area contributed by atoms with Gasteiger partial charge in [-0.3, -0.25) is 19.2 Å². The third-order valence-electron chi connectivity index (χ3n) is 4.46. The molecule has 0 aromatic heterocycles. The molecular weight excluding hydrogens is 430 g/mol. The maximum absolute atomic E-state index is 12.5. The van der Waals surface area contributed by atoms with E-state index in [1.165, 1.54) is 6.92 Å². The lowest BCUT2D eigenvalue weighted by molar-refractivity contribution is -0.144. The van der Waals surface area contributed by atoms with Crippen LogP contribution >= 0.6 is 0 Å². The van der Waals surface area contributed by atoms with Gasteiger partial charge in [0.2, 0.25) is 17.7 Å². The highest BCUT2D eigenvalue weighted by molar-refractivity contribution is 5.95. The zero-order chi connectivity index (χ0) is 25.0. The number of rotatable bonds is 15. The van der Waals surface area contributed by atoms with Crippen molar-refractivity contribution in [2.75, 3.05) is 6.54 Å². The quantitative estimate of drug-likeness (QED) is 0.106. The summed E-state index contributed by atoms with van der Waals surface area (Å²) in [6.07, 6.45) is -2.68. The standard InChI is InChI=1S/C18H33N5O9/c1-8(24)13(20)16(29)23-14(9(2)25)17(30)22-11(7-12(26)27)15(28)21-10(18(31)32)5-3-4-6-19/h8-11,13-14,24-25H,3-7,19-20H2,1-2H3,(H,21,28)(H,22,30)(H,23,29)(H,26,27)(H,31,32). The maximum Gasteiger partial charge on any atom is 0.326 e. The summed E-state index contributed by atoms with van der Waals surface area (Å²) in [6.45, 7) is 2.72. The second-order valence-electron chi connectivity index (χ2n) is 7.34. The molecule has 0 heterocycles. The van der Waals surface area contributed by atoms with Crippen LogP contribution in [0.25, 0.3) is 0 Å². The lowest BCUT2D eigenvalue weighted by Crippen LogP contribution is -2.61.